The predicted octanol–water partition coefficient (Wildman–Crippen LogP) is 1.27. The Morgan fingerprint density at radius 1 is 1.10 bits per heavy atom. The van der Waals surface area contributed by atoms with Gasteiger partial charge in [0, 0.05) is 6.54 Å². The monoisotopic (exact) mass is 293 g/mol. The second-order valence-electron chi connectivity index (χ2n) is 6.56. The number of hydrogen-bond donors (Lipinski definition) is 2. The number of rotatable bonds is 3. The number of amides is 1. The third kappa shape index (κ3) is 2.48. The molecule has 3 rings (SSSR count). The van der Waals surface area contributed by atoms with Crippen molar-refractivity contribution in [3.63, 3.8) is 0 Å². The molecule has 0 aromatic heterocycles. The average molecular weight is 293 g/mol. The van der Waals surface area contributed by atoms with Crippen molar-refractivity contribution >= 4 is 11.9 Å². The van der Waals surface area contributed by atoms with Gasteiger partial charge in [-0.25, -0.2) is 0 Å². The van der Waals surface area contributed by atoms with E-state index in [0.717, 1.165) is 32.1 Å². The highest BCUT2D eigenvalue weighted by Gasteiger charge is 2.53. The van der Waals surface area contributed by atoms with Crippen LogP contribution in [0.1, 0.15) is 32.1 Å². The first-order valence-corrected chi connectivity index (χ1v) is 7.96. The summed E-state index contributed by atoms with van der Waals surface area (Å²) in [4.78, 5) is 26.3. The van der Waals surface area contributed by atoms with E-state index < -0.39 is 17.8 Å². The summed E-state index contributed by atoms with van der Waals surface area (Å²) in [5.41, 5.74) is 0. The van der Waals surface area contributed by atoms with E-state index in [0.29, 0.717) is 6.54 Å². The van der Waals surface area contributed by atoms with Crippen molar-refractivity contribution in [1.82, 2.24) is 4.90 Å². The zero-order chi connectivity index (χ0) is 15.0. The van der Waals surface area contributed by atoms with Gasteiger partial charge in [0.25, 0.3) is 0 Å². The molecule has 2 fully saturated rings. The number of allylic oxidation sites excluding steroid dienone is 2. The number of aliphatic hydroxyl groups is 1. The Morgan fingerprint density at radius 2 is 1.81 bits per heavy atom. The molecule has 1 saturated heterocycles. The molecule has 3 aliphatic rings. The first-order valence-electron chi connectivity index (χ1n) is 7.96. The number of carbonyl (C=O) groups excluding carboxylic acids is 1. The molecule has 116 valence electrons. The van der Waals surface area contributed by atoms with Crippen LogP contribution in [0.5, 0.6) is 0 Å². The fraction of sp³-hybridized carbons (Fsp3) is 0.750. The molecule has 2 N–H and O–H groups in total. The van der Waals surface area contributed by atoms with Gasteiger partial charge < -0.3 is 15.1 Å². The number of carboxylic acids is 1. The van der Waals surface area contributed by atoms with Gasteiger partial charge in [-0.3, -0.25) is 9.59 Å². The molecule has 5 atom stereocenters. The van der Waals surface area contributed by atoms with Crippen LogP contribution in [0, 0.1) is 23.7 Å². The van der Waals surface area contributed by atoms with E-state index in [1.54, 1.807) is 4.90 Å². The highest BCUT2D eigenvalue weighted by Crippen LogP contribution is 2.49. The molecule has 21 heavy (non-hydrogen) atoms. The zero-order valence-corrected chi connectivity index (χ0v) is 12.1. The normalized spacial score (nSPS) is 38.5. The van der Waals surface area contributed by atoms with E-state index in [1.165, 1.54) is 0 Å². The van der Waals surface area contributed by atoms with Crippen LogP contribution in [0.4, 0.5) is 0 Å². The number of aliphatic carboxylic acids is 1. The molecule has 2 bridgehead atoms. The average Bonchev–Trinajstić information content (AvgIpc) is 2.99. The first-order chi connectivity index (χ1) is 10.1. The first kappa shape index (κ1) is 14.6. The summed E-state index contributed by atoms with van der Waals surface area (Å²) in [5.74, 6) is -1.88. The number of carboxylic acid groups (broad SMARTS) is 1. The van der Waals surface area contributed by atoms with Crippen LogP contribution < -0.4 is 0 Å². The summed E-state index contributed by atoms with van der Waals surface area (Å²) in [6.07, 6.45) is 8.60. The topological polar surface area (TPSA) is 77.8 Å². The van der Waals surface area contributed by atoms with Gasteiger partial charge in [0.2, 0.25) is 5.91 Å². The van der Waals surface area contributed by atoms with Crippen LogP contribution in [0.15, 0.2) is 12.2 Å². The summed E-state index contributed by atoms with van der Waals surface area (Å²) in [5, 5.41) is 19.0. The lowest BCUT2D eigenvalue weighted by Gasteiger charge is -2.34. The van der Waals surface area contributed by atoms with Crippen LogP contribution in [0.2, 0.25) is 0 Å². The lowest BCUT2D eigenvalue weighted by atomic mass is 9.82. The third-order valence-corrected chi connectivity index (χ3v) is 5.40. The summed E-state index contributed by atoms with van der Waals surface area (Å²) in [6.45, 7) is 0.619. The Balaban J connectivity index is 1.82. The van der Waals surface area contributed by atoms with Gasteiger partial charge in [-0.2, -0.15) is 0 Å². The molecule has 1 aliphatic heterocycles. The van der Waals surface area contributed by atoms with E-state index in [4.69, 9.17) is 0 Å². The highest BCUT2D eigenvalue weighted by atomic mass is 16.4. The van der Waals surface area contributed by atoms with Crippen molar-refractivity contribution < 1.29 is 19.8 Å². The predicted molar refractivity (Wildman–Crippen MR) is 76.4 cm³/mol. The molecule has 1 amide bonds. The fourth-order valence-corrected chi connectivity index (χ4v) is 4.34. The third-order valence-electron chi connectivity index (χ3n) is 5.40. The summed E-state index contributed by atoms with van der Waals surface area (Å²) in [6, 6.07) is -0.141. The van der Waals surface area contributed by atoms with Crippen molar-refractivity contribution in [2.75, 3.05) is 13.2 Å². The Hall–Kier alpha value is -1.36. The minimum Gasteiger partial charge on any atom is -0.481 e. The summed E-state index contributed by atoms with van der Waals surface area (Å²) in [7, 11) is 0. The lowest BCUT2D eigenvalue weighted by Crippen LogP contribution is -2.48. The molecule has 1 heterocycles. The van der Waals surface area contributed by atoms with E-state index >= 15 is 0 Å². The Bertz CT molecular complexity index is 461. The minimum absolute atomic E-state index is 0.000930. The maximum atomic E-state index is 12.9. The SMILES string of the molecule is O=C(O)[C@@H]1C2C=CC(C2)[C@@H]1C(=O)N1CCCCCC1CO. The number of carbonyl (C=O) groups is 2. The Labute approximate surface area is 124 Å². The van der Waals surface area contributed by atoms with Gasteiger partial charge in [0.15, 0.2) is 0 Å². The molecular weight excluding hydrogens is 270 g/mol. The Kier molecular flexibility index (Phi) is 4.02. The number of fused-ring (bicyclic) bond motifs is 2. The fourth-order valence-electron chi connectivity index (χ4n) is 4.34. The van der Waals surface area contributed by atoms with Gasteiger partial charge in [-0.05, 0) is 31.1 Å². The van der Waals surface area contributed by atoms with Crippen LogP contribution in [0.25, 0.3) is 0 Å². The molecule has 2 aliphatic carbocycles. The van der Waals surface area contributed by atoms with Crippen LogP contribution >= 0.6 is 0 Å². The van der Waals surface area contributed by atoms with Crippen molar-refractivity contribution in [2.24, 2.45) is 23.7 Å². The number of hydrogen-bond acceptors (Lipinski definition) is 3. The molecule has 1 saturated carbocycles. The van der Waals surface area contributed by atoms with E-state index in [2.05, 4.69) is 0 Å². The Morgan fingerprint density at radius 3 is 2.48 bits per heavy atom. The van der Waals surface area contributed by atoms with Crippen molar-refractivity contribution in [3.05, 3.63) is 12.2 Å². The largest absolute Gasteiger partial charge is 0.481 e. The van der Waals surface area contributed by atoms with Gasteiger partial charge in [0.05, 0.1) is 24.5 Å². The molecule has 5 heteroatoms. The van der Waals surface area contributed by atoms with E-state index in [1.807, 2.05) is 12.2 Å². The van der Waals surface area contributed by atoms with Crippen molar-refractivity contribution in [1.29, 1.82) is 0 Å². The maximum Gasteiger partial charge on any atom is 0.307 e. The summed E-state index contributed by atoms with van der Waals surface area (Å²) >= 11 is 0. The van der Waals surface area contributed by atoms with E-state index in [-0.39, 0.29) is 30.4 Å². The van der Waals surface area contributed by atoms with Gasteiger partial charge in [-0.15, -0.1) is 0 Å². The molecule has 0 radical (unpaired) electrons. The van der Waals surface area contributed by atoms with Gasteiger partial charge in [0.1, 0.15) is 0 Å². The molecule has 0 aromatic carbocycles. The number of aliphatic hydroxyl groups excluding tert-OH is 1. The van der Waals surface area contributed by atoms with Crippen molar-refractivity contribution in [2.45, 2.75) is 38.1 Å². The zero-order valence-electron chi connectivity index (χ0n) is 12.1. The standard InChI is InChI=1S/C16H23NO4/c18-9-12-4-2-1-3-7-17(12)15(19)13-10-5-6-11(8-10)14(13)16(20)21/h5-6,10-14,18H,1-4,7-9H2,(H,20,21)/t10?,11?,12?,13-,14+/m0/s1. The number of nitrogens with zero attached hydrogens (tertiary/aromatic N) is 1. The second kappa shape index (κ2) is 5.79. The smallest absolute Gasteiger partial charge is 0.307 e. The van der Waals surface area contributed by atoms with Crippen molar-refractivity contribution in [3.8, 4) is 0 Å². The molecule has 3 unspecified atom stereocenters. The second-order valence-corrected chi connectivity index (χ2v) is 6.56. The number of likely N-dealkylation sites (tertiary alicyclic amines) is 1. The molecule has 0 aromatic rings. The summed E-state index contributed by atoms with van der Waals surface area (Å²) < 4.78 is 0. The quantitative estimate of drug-likeness (QED) is 0.768. The van der Waals surface area contributed by atoms with Crippen LogP contribution in [0.3, 0.4) is 0 Å². The maximum absolute atomic E-state index is 12.9. The lowest BCUT2D eigenvalue weighted by molar-refractivity contribution is -0.152. The van der Waals surface area contributed by atoms with Crippen LogP contribution in [-0.4, -0.2) is 46.2 Å². The minimum atomic E-state index is -0.861. The molecule has 0 spiro atoms. The van der Waals surface area contributed by atoms with E-state index in [9.17, 15) is 19.8 Å². The molecule has 5 nitrogen and oxygen atoms in total. The van der Waals surface area contributed by atoms with Crippen LogP contribution in [-0.2, 0) is 9.59 Å². The van der Waals surface area contributed by atoms with Gasteiger partial charge >= 0.3 is 5.97 Å². The van der Waals surface area contributed by atoms with Gasteiger partial charge in [-0.1, -0.05) is 25.0 Å². The molecular formula is C16H23NO4. The highest BCUT2D eigenvalue weighted by molar-refractivity contribution is 5.87.